The average Bonchev–Trinajstić information content (AvgIpc) is 3.33. The van der Waals surface area contributed by atoms with Crippen LogP contribution in [0.2, 0.25) is 0 Å². The van der Waals surface area contributed by atoms with Crippen molar-refractivity contribution in [2.24, 2.45) is 17.6 Å². The molecule has 3 aliphatic heterocycles. The van der Waals surface area contributed by atoms with Gasteiger partial charge in [0.2, 0.25) is 5.91 Å². The van der Waals surface area contributed by atoms with Gasteiger partial charge in [0.05, 0.1) is 18.3 Å². The molecular weight excluding hydrogens is 469 g/mol. The molecular formula is C22H23F3N6O4. The molecule has 1 saturated carbocycles. The summed E-state index contributed by atoms with van der Waals surface area (Å²) >= 11 is 0. The lowest BCUT2D eigenvalue weighted by molar-refractivity contribution is -0.217. The number of amides is 2. The molecule has 35 heavy (non-hydrogen) atoms. The Hall–Kier alpha value is -3.27. The third kappa shape index (κ3) is 3.80. The molecule has 3 saturated heterocycles. The quantitative estimate of drug-likeness (QED) is 0.617. The first-order valence-corrected chi connectivity index (χ1v) is 11.4. The molecule has 2 bridgehead atoms. The molecule has 6 atom stereocenters. The Morgan fingerprint density at radius 2 is 1.89 bits per heavy atom. The van der Waals surface area contributed by atoms with E-state index < -0.39 is 41.8 Å². The van der Waals surface area contributed by atoms with Crippen LogP contribution in [0, 0.1) is 23.2 Å². The standard InChI is InChI=1S/C22H23F3N6O4/c23-22(24,25)20(34)35-21-8-12(21)7-15(9-26)31(21)19(33)17(27)11-5-13-1-2-14(6-11)30(13)18(32)16-10-28-3-4-29-16/h3-4,10-15,17H,1-2,5-8,27H2/t11?,12-,13?,14?,15+,17-,21+/m1/s1. The summed E-state index contributed by atoms with van der Waals surface area (Å²) < 4.78 is 43.3. The maximum atomic E-state index is 13.4. The highest BCUT2D eigenvalue weighted by molar-refractivity contribution is 5.93. The fourth-order valence-corrected chi connectivity index (χ4v) is 6.09. The summed E-state index contributed by atoms with van der Waals surface area (Å²) in [5.41, 5.74) is 4.79. The number of carbonyl (C=O) groups is 3. The van der Waals surface area contributed by atoms with Crippen LogP contribution >= 0.6 is 0 Å². The summed E-state index contributed by atoms with van der Waals surface area (Å²) in [6.45, 7) is 0. The largest absolute Gasteiger partial charge is 0.491 e. The van der Waals surface area contributed by atoms with Gasteiger partial charge in [-0.2, -0.15) is 18.4 Å². The first-order valence-electron chi connectivity index (χ1n) is 11.4. The van der Waals surface area contributed by atoms with Crippen LogP contribution < -0.4 is 5.73 Å². The molecule has 4 fully saturated rings. The van der Waals surface area contributed by atoms with Crippen LogP contribution in [-0.2, 0) is 14.3 Å². The van der Waals surface area contributed by atoms with E-state index in [0.29, 0.717) is 12.8 Å². The molecule has 4 heterocycles. The van der Waals surface area contributed by atoms with Gasteiger partial charge in [-0.25, -0.2) is 9.78 Å². The van der Waals surface area contributed by atoms with Gasteiger partial charge in [-0.1, -0.05) is 0 Å². The Morgan fingerprint density at radius 1 is 1.20 bits per heavy atom. The van der Waals surface area contributed by atoms with Crippen LogP contribution in [0.25, 0.3) is 0 Å². The fourth-order valence-electron chi connectivity index (χ4n) is 6.09. The number of halogens is 3. The minimum Gasteiger partial charge on any atom is -0.432 e. The number of fused-ring (bicyclic) bond motifs is 3. The maximum absolute atomic E-state index is 13.4. The Morgan fingerprint density at radius 3 is 2.46 bits per heavy atom. The maximum Gasteiger partial charge on any atom is 0.491 e. The molecule has 5 rings (SSSR count). The Bertz CT molecular complexity index is 1080. The molecule has 2 amide bonds. The van der Waals surface area contributed by atoms with Crippen LogP contribution in [0.1, 0.15) is 49.0 Å². The lowest BCUT2D eigenvalue weighted by Gasteiger charge is -2.42. The topological polar surface area (TPSA) is 143 Å². The van der Waals surface area contributed by atoms with Gasteiger partial charge in [-0.05, 0) is 38.0 Å². The second-order valence-electron chi connectivity index (χ2n) is 9.67. The zero-order valence-electron chi connectivity index (χ0n) is 18.5. The number of nitrogens with zero attached hydrogens (tertiary/aromatic N) is 5. The molecule has 0 radical (unpaired) electrons. The van der Waals surface area contributed by atoms with Crippen molar-refractivity contribution in [1.82, 2.24) is 19.8 Å². The van der Waals surface area contributed by atoms with E-state index in [0.717, 1.165) is 17.7 Å². The summed E-state index contributed by atoms with van der Waals surface area (Å²) in [6.07, 6.45) is 1.57. The highest BCUT2D eigenvalue weighted by Gasteiger charge is 2.72. The minimum absolute atomic E-state index is 0.0434. The minimum atomic E-state index is -5.22. The SMILES string of the molecule is N#C[C@@H]1C[C@@H]2C[C@@]2(OC(=O)C(F)(F)F)N1C(=O)[C@H](N)C1CC2CCC(C1)N2C(=O)c1cnccn1. The van der Waals surface area contributed by atoms with Crippen molar-refractivity contribution in [3.8, 4) is 6.07 Å². The van der Waals surface area contributed by atoms with E-state index in [1.807, 2.05) is 6.07 Å². The number of ether oxygens (including phenoxy) is 1. The zero-order valence-corrected chi connectivity index (χ0v) is 18.5. The zero-order chi connectivity index (χ0) is 25.1. The summed E-state index contributed by atoms with van der Waals surface area (Å²) in [5, 5.41) is 9.52. The highest BCUT2D eigenvalue weighted by Crippen LogP contribution is 2.59. The number of nitriles is 1. The number of likely N-dealkylation sites (tertiary alicyclic amines) is 1. The van der Waals surface area contributed by atoms with Crippen LogP contribution in [0.15, 0.2) is 18.6 Å². The number of nitrogens with two attached hydrogens (primary N) is 1. The van der Waals surface area contributed by atoms with E-state index in [-0.39, 0.29) is 42.4 Å². The third-order valence-electron chi connectivity index (χ3n) is 7.71. The number of esters is 1. The molecule has 0 spiro atoms. The second-order valence-corrected chi connectivity index (χ2v) is 9.67. The first kappa shape index (κ1) is 23.5. The molecule has 13 heteroatoms. The Labute approximate surface area is 198 Å². The van der Waals surface area contributed by atoms with Crippen LogP contribution in [0.5, 0.6) is 0 Å². The van der Waals surface area contributed by atoms with Gasteiger partial charge in [-0.3, -0.25) is 19.5 Å². The molecule has 186 valence electrons. The molecule has 1 aromatic heterocycles. The summed E-state index contributed by atoms with van der Waals surface area (Å²) in [7, 11) is 0. The molecule has 0 aromatic carbocycles. The van der Waals surface area contributed by atoms with Crippen LogP contribution in [0.4, 0.5) is 13.2 Å². The van der Waals surface area contributed by atoms with Crippen molar-refractivity contribution in [3.63, 3.8) is 0 Å². The average molecular weight is 492 g/mol. The van der Waals surface area contributed by atoms with E-state index in [1.165, 1.54) is 18.6 Å². The molecule has 2 unspecified atom stereocenters. The van der Waals surface area contributed by atoms with E-state index in [9.17, 15) is 32.8 Å². The Kier molecular flexibility index (Phi) is 5.47. The molecule has 1 aromatic rings. The smallest absolute Gasteiger partial charge is 0.432 e. The first-order chi connectivity index (χ1) is 16.6. The summed E-state index contributed by atoms with van der Waals surface area (Å²) in [6, 6.07) is -0.528. The number of carbonyl (C=O) groups excluding carboxylic acids is 3. The number of aromatic nitrogens is 2. The highest BCUT2D eigenvalue weighted by atomic mass is 19.4. The number of alkyl halides is 3. The Balaban J connectivity index is 1.31. The van der Waals surface area contributed by atoms with Gasteiger partial charge in [-0.15, -0.1) is 0 Å². The molecule has 1 aliphatic carbocycles. The number of hydrogen-bond acceptors (Lipinski definition) is 8. The summed E-state index contributed by atoms with van der Waals surface area (Å²) in [5.74, 6) is -4.22. The van der Waals surface area contributed by atoms with Crippen molar-refractivity contribution in [3.05, 3.63) is 24.3 Å². The fraction of sp³-hybridized carbons (Fsp3) is 0.636. The lowest BCUT2D eigenvalue weighted by Crippen LogP contribution is -2.58. The van der Waals surface area contributed by atoms with E-state index >= 15 is 0 Å². The van der Waals surface area contributed by atoms with Gasteiger partial charge in [0.1, 0.15) is 11.7 Å². The predicted molar refractivity (Wildman–Crippen MR) is 110 cm³/mol. The number of hydrogen-bond donors (Lipinski definition) is 1. The van der Waals surface area contributed by atoms with Crippen molar-refractivity contribution in [2.75, 3.05) is 0 Å². The monoisotopic (exact) mass is 492 g/mol. The molecule has 10 nitrogen and oxygen atoms in total. The summed E-state index contributed by atoms with van der Waals surface area (Å²) in [4.78, 5) is 48.7. The predicted octanol–water partition coefficient (Wildman–Crippen LogP) is 1.13. The third-order valence-corrected chi connectivity index (χ3v) is 7.71. The van der Waals surface area contributed by atoms with Crippen molar-refractivity contribution in [2.45, 2.75) is 74.6 Å². The van der Waals surface area contributed by atoms with Gasteiger partial charge >= 0.3 is 12.1 Å². The molecule has 2 N–H and O–H groups in total. The van der Waals surface area contributed by atoms with Crippen molar-refractivity contribution >= 4 is 17.8 Å². The van der Waals surface area contributed by atoms with Gasteiger partial charge in [0.15, 0.2) is 5.72 Å². The van der Waals surface area contributed by atoms with Crippen LogP contribution in [-0.4, -0.2) is 73.6 Å². The number of rotatable bonds is 4. The normalized spacial score (nSPS) is 34.1. The van der Waals surface area contributed by atoms with Crippen LogP contribution in [0.3, 0.4) is 0 Å². The van der Waals surface area contributed by atoms with E-state index in [1.54, 1.807) is 4.90 Å². The van der Waals surface area contributed by atoms with Crippen molar-refractivity contribution < 1.29 is 32.3 Å². The number of piperidine rings is 2. The van der Waals surface area contributed by atoms with Gasteiger partial charge in [0, 0.05) is 36.8 Å². The van der Waals surface area contributed by atoms with E-state index in [4.69, 9.17) is 10.5 Å². The van der Waals surface area contributed by atoms with Crippen molar-refractivity contribution in [1.29, 1.82) is 5.26 Å². The molecule has 4 aliphatic rings. The second kappa shape index (κ2) is 8.15. The van der Waals surface area contributed by atoms with Gasteiger partial charge in [0.25, 0.3) is 5.91 Å². The van der Waals surface area contributed by atoms with Gasteiger partial charge < -0.3 is 15.4 Å². The van der Waals surface area contributed by atoms with E-state index in [2.05, 4.69) is 9.97 Å². The lowest BCUT2D eigenvalue weighted by atomic mass is 9.84.